The molecule has 1 heterocycles. The van der Waals surface area contributed by atoms with Crippen molar-refractivity contribution in [3.63, 3.8) is 0 Å². The fraction of sp³-hybridized carbons (Fsp3) is 0.444. The molecular weight excluding hydrogens is 246 g/mol. The van der Waals surface area contributed by atoms with Gasteiger partial charge in [-0.2, -0.15) is 0 Å². The van der Waals surface area contributed by atoms with Gasteiger partial charge in [-0.15, -0.1) is 0 Å². The van der Waals surface area contributed by atoms with E-state index in [1.807, 2.05) is 13.8 Å². The molecule has 2 aromatic rings. The summed E-state index contributed by atoms with van der Waals surface area (Å²) in [5, 5.41) is 0. The average Bonchev–Trinajstić information content (AvgIpc) is 2.58. The molecule has 0 amide bonds. The summed E-state index contributed by atoms with van der Waals surface area (Å²) in [6.45, 7) is 12.6. The fourth-order valence-electron chi connectivity index (χ4n) is 3.21. The molecule has 0 aliphatic rings. The summed E-state index contributed by atoms with van der Waals surface area (Å²) in [6.07, 6.45) is 0.860. The quantitative estimate of drug-likeness (QED) is 0.900. The lowest BCUT2D eigenvalue weighted by Crippen LogP contribution is -2.16. The summed E-state index contributed by atoms with van der Waals surface area (Å²) in [5.74, 6) is 1.93. The Labute approximate surface area is 122 Å². The van der Waals surface area contributed by atoms with Crippen LogP contribution >= 0.6 is 0 Å². The zero-order valence-electron chi connectivity index (χ0n) is 13.4. The Hall–Kier alpha value is -1.54. The third kappa shape index (κ3) is 2.66. The van der Waals surface area contributed by atoms with Gasteiger partial charge in [-0.05, 0) is 70.2 Å². The highest BCUT2D eigenvalue weighted by Gasteiger charge is 2.19. The standard InChI is InChI=1S/C18H25NO/c1-10-7-11(2)16(12(3)8-10)9-17(19)18-13(4)14(5)20-15(18)6/h7-8,17H,9,19H2,1-6H3. The maximum Gasteiger partial charge on any atom is 0.106 e. The highest BCUT2D eigenvalue weighted by Crippen LogP contribution is 2.29. The van der Waals surface area contributed by atoms with Crippen LogP contribution in [0.5, 0.6) is 0 Å². The summed E-state index contributed by atoms with van der Waals surface area (Å²) in [6, 6.07) is 4.46. The summed E-state index contributed by atoms with van der Waals surface area (Å²) < 4.78 is 5.70. The van der Waals surface area contributed by atoms with E-state index in [1.165, 1.54) is 33.4 Å². The molecule has 2 heteroatoms. The molecule has 0 saturated heterocycles. The van der Waals surface area contributed by atoms with Crippen LogP contribution in [0.2, 0.25) is 0 Å². The number of nitrogens with two attached hydrogens (primary N) is 1. The second-order valence-electron chi connectivity index (χ2n) is 5.94. The second-order valence-corrected chi connectivity index (χ2v) is 5.94. The molecule has 0 spiro atoms. The predicted molar refractivity (Wildman–Crippen MR) is 84.2 cm³/mol. The molecule has 0 fully saturated rings. The van der Waals surface area contributed by atoms with Gasteiger partial charge in [-0.1, -0.05) is 17.7 Å². The minimum Gasteiger partial charge on any atom is -0.466 e. The first kappa shape index (κ1) is 14.9. The van der Waals surface area contributed by atoms with Crippen LogP contribution < -0.4 is 5.73 Å². The summed E-state index contributed by atoms with van der Waals surface area (Å²) in [7, 11) is 0. The van der Waals surface area contributed by atoms with Crippen molar-refractivity contribution in [2.24, 2.45) is 5.73 Å². The molecule has 0 bridgehead atoms. The van der Waals surface area contributed by atoms with Gasteiger partial charge in [-0.25, -0.2) is 0 Å². The van der Waals surface area contributed by atoms with Crippen molar-refractivity contribution in [1.29, 1.82) is 0 Å². The van der Waals surface area contributed by atoms with Gasteiger partial charge < -0.3 is 10.2 Å². The third-order valence-corrected chi connectivity index (χ3v) is 4.25. The first-order valence-corrected chi connectivity index (χ1v) is 7.20. The zero-order valence-corrected chi connectivity index (χ0v) is 13.4. The molecule has 0 radical (unpaired) electrons. The maximum atomic E-state index is 6.46. The van der Waals surface area contributed by atoms with Crippen molar-refractivity contribution in [1.82, 2.24) is 0 Å². The molecular formula is C18H25NO. The number of hydrogen-bond acceptors (Lipinski definition) is 2. The summed E-state index contributed by atoms with van der Waals surface area (Å²) >= 11 is 0. The van der Waals surface area contributed by atoms with E-state index in [4.69, 9.17) is 10.2 Å². The Bertz CT molecular complexity index is 614. The van der Waals surface area contributed by atoms with Crippen molar-refractivity contribution in [2.45, 2.75) is 54.0 Å². The lowest BCUT2D eigenvalue weighted by molar-refractivity contribution is 0.496. The normalized spacial score (nSPS) is 12.8. The molecule has 0 saturated carbocycles. The highest BCUT2D eigenvalue weighted by molar-refractivity contribution is 5.41. The molecule has 0 aliphatic carbocycles. The van der Waals surface area contributed by atoms with Crippen LogP contribution in [0.4, 0.5) is 0 Å². The Kier molecular flexibility index (Phi) is 4.05. The van der Waals surface area contributed by atoms with E-state index < -0.39 is 0 Å². The summed E-state index contributed by atoms with van der Waals surface area (Å²) in [4.78, 5) is 0. The molecule has 20 heavy (non-hydrogen) atoms. The Morgan fingerprint density at radius 2 is 1.50 bits per heavy atom. The van der Waals surface area contributed by atoms with Crippen LogP contribution in [0, 0.1) is 41.5 Å². The minimum atomic E-state index is -0.00689. The maximum absolute atomic E-state index is 6.46. The van der Waals surface area contributed by atoms with E-state index in [1.54, 1.807) is 0 Å². The van der Waals surface area contributed by atoms with Crippen LogP contribution in [0.15, 0.2) is 16.5 Å². The van der Waals surface area contributed by atoms with E-state index >= 15 is 0 Å². The Balaban J connectivity index is 2.35. The molecule has 2 N–H and O–H groups in total. The third-order valence-electron chi connectivity index (χ3n) is 4.25. The minimum absolute atomic E-state index is 0.00689. The van der Waals surface area contributed by atoms with E-state index in [2.05, 4.69) is 39.8 Å². The lowest BCUT2D eigenvalue weighted by atomic mass is 9.91. The molecule has 0 aliphatic heterocycles. The van der Waals surface area contributed by atoms with Crippen LogP contribution in [0.25, 0.3) is 0 Å². The lowest BCUT2D eigenvalue weighted by Gasteiger charge is -2.17. The van der Waals surface area contributed by atoms with Crippen molar-refractivity contribution in [2.75, 3.05) is 0 Å². The van der Waals surface area contributed by atoms with Crippen molar-refractivity contribution >= 4 is 0 Å². The Morgan fingerprint density at radius 1 is 0.950 bits per heavy atom. The number of benzene rings is 1. The predicted octanol–water partition coefficient (Wildman–Crippen LogP) is 4.37. The molecule has 2 rings (SSSR count). The van der Waals surface area contributed by atoms with Gasteiger partial charge in [-0.3, -0.25) is 0 Å². The number of furan rings is 1. The summed E-state index contributed by atoms with van der Waals surface area (Å²) in [5.41, 5.74) is 14.1. The fourth-order valence-corrected chi connectivity index (χ4v) is 3.21. The average molecular weight is 271 g/mol. The molecule has 1 unspecified atom stereocenters. The second kappa shape index (κ2) is 5.45. The number of rotatable bonds is 3. The van der Waals surface area contributed by atoms with Crippen molar-refractivity contribution < 1.29 is 4.42 Å². The van der Waals surface area contributed by atoms with E-state index in [0.717, 1.165) is 17.9 Å². The number of aryl methyl sites for hydroxylation is 5. The number of hydrogen-bond donors (Lipinski definition) is 1. The molecule has 2 nitrogen and oxygen atoms in total. The molecule has 1 atom stereocenters. The monoisotopic (exact) mass is 271 g/mol. The first-order valence-electron chi connectivity index (χ1n) is 7.20. The van der Waals surface area contributed by atoms with E-state index in [-0.39, 0.29) is 6.04 Å². The highest BCUT2D eigenvalue weighted by atomic mass is 16.3. The first-order chi connectivity index (χ1) is 9.31. The van der Waals surface area contributed by atoms with Gasteiger partial charge in [0.05, 0.1) is 0 Å². The largest absolute Gasteiger partial charge is 0.466 e. The van der Waals surface area contributed by atoms with Gasteiger partial charge in [0.1, 0.15) is 11.5 Å². The molecule has 108 valence electrons. The van der Waals surface area contributed by atoms with Crippen LogP contribution in [0.3, 0.4) is 0 Å². The van der Waals surface area contributed by atoms with Gasteiger partial charge in [0.15, 0.2) is 0 Å². The van der Waals surface area contributed by atoms with Gasteiger partial charge in [0.25, 0.3) is 0 Å². The zero-order chi connectivity index (χ0) is 15.0. The van der Waals surface area contributed by atoms with Crippen molar-refractivity contribution in [3.05, 3.63) is 57.0 Å². The molecule has 1 aromatic carbocycles. The van der Waals surface area contributed by atoms with E-state index in [0.29, 0.717) is 0 Å². The SMILES string of the molecule is Cc1cc(C)c(CC(N)c2c(C)oc(C)c2C)c(C)c1. The molecule has 1 aromatic heterocycles. The topological polar surface area (TPSA) is 39.2 Å². The van der Waals surface area contributed by atoms with E-state index in [9.17, 15) is 0 Å². The van der Waals surface area contributed by atoms with Gasteiger partial charge >= 0.3 is 0 Å². The van der Waals surface area contributed by atoms with Gasteiger partial charge in [0.2, 0.25) is 0 Å². The van der Waals surface area contributed by atoms with Crippen LogP contribution in [0.1, 0.15) is 50.9 Å². The van der Waals surface area contributed by atoms with Crippen molar-refractivity contribution in [3.8, 4) is 0 Å². The smallest absolute Gasteiger partial charge is 0.106 e. The van der Waals surface area contributed by atoms with Gasteiger partial charge in [0, 0.05) is 11.6 Å². The van der Waals surface area contributed by atoms with Crippen LogP contribution in [-0.2, 0) is 6.42 Å². The Morgan fingerprint density at radius 3 is 1.95 bits per heavy atom. The van der Waals surface area contributed by atoms with Crippen LogP contribution in [-0.4, -0.2) is 0 Å².